The summed E-state index contributed by atoms with van der Waals surface area (Å²) < 4.78 is 20.2. The molecule has 2 aromatic rings. The number of hydrogen-bond acceptors (Lipinski definition) is 6. The highest BCUT2D eigenvalue weighted by atomic mass is 19.1. The van der Waals surface area contributed by atoms with Crippen molar-refractivity contribution in [1.29, 1.82) is 0 Å². The molecule has 1 aliphatic rings. The fraction of sp³-hybridized carbons (Fsp3) is 0.440. The second-order valence-corrected chi connectivity index (χ2v) is 9.26. The van der Waals surface area contributed by atoms with E-state index >= 15 is 0 Å². The van der Waals surface area contributed by atoms with Gasteiger partial charge in [-0.3, -0.25) is 9.59 Å². The van der Waals surface area contributed by atoms with Crippen LogP contribution in [-0.4, -0.2) is 41.8 Å². The van der Waals surface area contributed by atoms with Gasteiger partial charge in [0.2, 0.25) is 11.8 Å². The van der Waals surface area contributed by atoms with Crippen LogP contribution in [-0.2, 0) is 26.4 Å². The van der Waals surface area contributed by atoms with E-state index in [0.29, 0.717) is 36.2 Å². The zero-order valence-corrected chi connectivity index (χ0v) is 19.5. The van der Waals surface area contributed by atoms with Crippen molar-refractivity contribution in [2.45, 2.75) is 50.5 Å². The molecule has 3 unspecified atom stereocenters. The van der Waals surface area contributed by atoms with Crippen LogP contribution in [0, 0.1) is 11.7 Å². The summed E-state index contributed by atoms with van der Waals surface area (Å²) in [6, 6.07) is 12.9. The number of nitrogens with zero attached hydrogens (tertiary/aromatic N) is 1. The molecule has 3 atom stereocenters. The van der Waals surface area contributed by atoms with Gasteiger partial charge >= 0.3 is 0 Å². The molecule has 0 aliphatic carbocycles. The highest BCUT2D eigenvalue weighted by molar-refractivity contribution is 5.97. The molecule has 1 heterocycles. The summed E-state index contributed by atoms with van der Waals surface area (Å²) in [7, 11) is 0. The number of ether oxygens (including phenoxy) is 1. The fourth-order valence-corrected chi connectivity index (χ4v) is 4.84. The van der Waals surface area contributed by atoms with Gasteiger partial charge in [0.15, 0.2) is 5.54 Å². The monoisotopic (exact) mass is 472 g/mol. The Morgan fingerprint density at radius 3 is 2.44 bits per heavy atom. The van der Waals surface area contributed by atoms with Crippen LogP contribution in [0.2, 0.25) is 0 Å². The number of carbonyl (C=O) groups excluding carboxylic acids is 2. The SMILES string of the molecule is CC(C)(O)CCOC1CCN(c2ccccc2)C(C(N)=O)(c2ccc(F)cc2CN)C1C(N)=O. The zero-order chi connectivity index (χ0) is 25.1. The van der Waals surface area contributed by atoms with Crippen LogP contribution in [0.5, 0.6) is 0 Å². The average Bonchev–Trinajstić information content (AvgIpc) is 2.77. The molecule has 8 nitrogen and oxygen atoms in total. The smallest absolute Gasteiger partial charge is 0.248 e. The summed E-state index contributed by atoms with van der Waals surface area (Å²) in [5, 5.41) is 10.1. The molecule has 1 aliphatic heterocycles. The summed E-state index contributed by atoms with van der Waals surface area (Å²) in [5.41, 5.74) is 16.5. The van der Waals surface area contributed by atoms with Crippen LogP contribution in [0.3, 0.4) is 0 Å². The number of halogens is 1. The van der Waals surface area contributed by atoms with Crippen molar-refractivity contribution < 1.29 is 23.8 Å². The van der Waals surface area contributed by atoms with Crippen molar-refractivity contribution >= 4 is 17.5 Å². The summed E-state index contributed by atoms with van der Waals surface area (Å²) in [6.45, 7) is 3.68. The normalized spacial score (nSPS) is 23.0. The van der Waals surface area contributed by atoms with Crippen molar-refractivity contribution in [2.24, 2.45) is 23.1 Å². The minimum absolute atomic E-state index is 0.0829. The lowest BCUT2D eigenvalue weighted by atomic mass is 9.67. The van der Waals surface area contributed by atoms with Crippen molar-refractivity contribution in [3.8, 4) is 0 Å². The third-order valence-corrected chi connectivity index (χ3v) is 6.38. The molecule has 0 radical (unpaired) electrons. The zero-order valence-electron chi connectivity index (χ0n) is 19.5. The maximum Gasteiger partial charge on any atom is 0.248 e. The number of amides is 2. The first-order valence-corrected chi connectivity index (χ1v) is 11.3. The Morgan fingerprint density at radius 2 is 1.88 bits per heavy atom. The first kappa shape index (κ1) is 25.6. The number of para-hydroxylation sites is 1. The van der Waals surface area contributed by atoms with E-state index in [9.17, 15) is 19.1 Å². The summed E-state index contributed by atoms with van der Waals surface area (Å²) in [6.07, 6.45) is -0.0725. The van der Waals surface area contributed by atoms with Crippen LogP contribution in [0.25, 0.3) is 0 Å². The average molecular weight is 473 g/mol. The Morgan fingerprint density at radius 1 is 1.21 bits per heavy atom. The topological polar surface area (TPSA) is 145 Å². The van der Waals surface area contributed by atoms with E-state index in [1.807, 2.05) is 6.07 Å². The molecular weight excluding hydrogens is 439 g/mol. The third kappa shape index (κ3) is 4.91. The summed E-state index contributed by atoms with van der Waals surface area (Å²) in [4.78, 5) is 28.2. The second kappa shape index (κ2) is 10.1. The number of carbonyl (C=O) groups is 2. The number of rotatable bonds is 9. The highest BCUT2D eigenvalue weighted by Crippen LogP contribution is 2.47. The van der Waals surface area contributed by atoms with Gasteiger partial charge in [-0.1, -0.05) is 24.3 Å². The Hall–Kier alpha value is -3.01. The number of piperidine rings is 1. The molecule has 2 aromatic carbocycles. The Bertz CT molecular complexity index is 1030. The summed E-state index contributed by atoms with van der Waals surface area (Å²) >= 11 is 0. The first-order chi connectivity index (χ1) is 16.0. The predicted octanol–water partition coefficient (Wildman–Crippen LogP) is 1.52. The molecule has 34 heavy (non-hydrogen) atoms. The highest BCUT2D eigenvalue weighted by Gasteiger charge is 2.59. The number of hydrogen-bond donors (Lipinski definition) is 4. The van der Waals surface area contributed by atoms with Gasteiger partial charge in [0, 0.05) is 25.4 Å². The van der Waals surface area contributed by atoms with E-state index < -0.39 is 40.8 Å². The first-order valence-electron chi connectivity index (χ1n) is 11.3. The molecule has 9 heteroatoms. The van der Waals surface area contributed by atoms with Gasteiger partial charge in [0.05, 0.1) is 11.7 Å². The minimum atomic E-state index is -1.77. The Labute approximate surface area is 198 Å². The standard InChI is InChI=1S/C25H33FN4O4/c1-24(2,33)11-13-34-20-10-12-30(18-6-4-3-5-7-18)25(23(29)32,21(20)22(28)31)19-9-8-17(26)14-16(19)15-27/h3-9,14,20-21,33H,10-13,15,27H2,1-2H3,(H2,28,31)(H2,29,32). The van der Waals surface area contributed by atoms with Gasteiger partial charge in [-0.2, -0.15) is 0 Å². The van der Waals surface area contributed by atoms with Crippen molar-refractivity contribution in [3.05, 3.63) is 65.5 Å². The van der Waals surface area contributed by atoms with Gasteiger partial charge < -0.3 is 31.9 Å². The molecule has 7 N–H and O–H groups in total. The van der Waals surface area contributed by atoms with E-state index in [-0.39, 0.29) is 13.2 Å². The molecule has 0 saturated carbocycles. The van der Waals surface area contributed by atoms with Crippen LogP contribution >= 0.6 is 0 Å². The number of nitrogens with two attached hydrogens (primary N) is 3. The number of primary amides is 2. The van der Waals surface area contributed by atoms with Crippen LogP contribution in [0.15, 0.2) is 48.5 Å². The van der Waals surface area contributed by atoms with Crippen molar-refractivity contribution in [3.63, 3.8) is 0 Å². The van der Waals surface area contributed by atoms with Crippen molar-refractivity contribution in [1.82, 2.24) is 0 Å². The van der Waals surface area contributed by atoms with Crippen LogP contribution in [0.4, 0.5) is 10.1 Å². The predicted molar refractivity (Wildman–Crippen MR) is 127 cm³/mol. The molecule has 3 rings (SSSR count). The van der Waals surface area contributed by atoms with Gasteiger partial charge in [-0.05, 0) is 62.1 Å². The largest absolute Gasteiger partial charge is 0.390 e. The Balaban J connectivity index is 2.23. The van der Waals surface area contributed by atoms with Crippen LogP contribution in [0.1, 0.15) is 37.8 Å². The minimum Gasteiger partial charge on any atom is -0.390 e. The molecule has 0 spiro atoms. The lowest BCUT2D eigenvalue weighted by Crippen LogP contribution is -2.69. The van der Waals surface area contributed by atoms with E-state index in [2.05, 4.69) is 0 Å². The Kier molecular flexibility index (Phi) is 7.60. The second-order valence-electron chi connectivity index (χ2n) is 9.26. The maximum absolute atomic E-state index is 14.1. The van der Waals surface area contributed by atoms with E-state index in [1.54, 1.807) is 43.0 Å². The fourth-order valence-electron chi connectivity index (χ4n) is 4.84. The van der Waals surface area contributed by atoms with Gasteiger partial charge in [0.25, 0.3) is 0 Å². The molecule has 0 aromatic heterocycles. The van der Waals surface area contributed by atoms with Crippen LogP contribution < -0.4 is 22.1 Å². The molecule has 0 bridgehead atoms. The molecular formula is C25H33FN4O4. The van der Waals surface area contributed by atoms with E-state index in [4.69, 9.17) is 21.9 Å². The van der Waals surface area contributed by atoms with Gasteiger partial charge in [0.1, 0.15) is 11.7 Å². The number of anilines is 1. The van der Waals surface area contributed by atoms with Gasteiger partial charge in [-0.15, -0.1) is 0 Å². The quantitative estimate of drug-likeness (QED) is 0.435. The number of benzene rings is 2. The lowest BCUT2D eigenvalue weighted by Gasteiger charge is -2.53. The molecule has 1 saturated heterocycles. The number of aliphatic hydroxyl groups is 1. The van der Waals surface area contributed by atoms with Crippen molar-refractivity contribution in [2.75, 3.05) is 18.1 Å². The molecule has 2 amide bonds. The summed E-state index contributed by atoms with van der Waals surface area (Å²) in [5.74, 6) is -3.33. The van der Waals surface area contributed by atoms with E-state index in [0.717, 1.165) is 0 Å². The molecule has 184 valence electrons. The van der Waals surface area contributed by atoms with Gasteiger partial charge in [-0.25, -0.2) is 4.39 Å². The van der Waals surface area contributed by atoms with E-state index in [1.165, 1.54) is 18.2 Å². The third-order valence-electron chi connectivity index (χ3n) is 6.38. The maximum atomic E-state index is 14.1. The lowest BCUT2D eigenvalue weighted by molar-refractivity contribution is -0.144. The molecule has 1 fully saturated rings.